The summed E-state index contributed by atoms with van der Waals surface area (Å²) >= 11 is 0. The van der Waals surface area contributed by atoms with E-state index in [0.29, 0.717) is 37.3 Å². The highest BCUT2D eigenvalue weighted by molar-refractivity contribution is 5.75. The number of para-hydroxylation sites is 1. The number of aromatic hydroxyl groups is 1. The molecule has 11 N–H and O–H groups in total. The Labute approximate surface area is 315 Å². The summed E-state index contributed by atoms with van der Waals surface area (Å²) in [5.74, 6) is 0.447. The molecule has 0 heterocycles. The van der Waals surface area contributed by atoms with Gasteiger partial charge in [-0.25, -0.2) is 0 Å². The number of ether oxygens (including phenoxy) is 1. The number of carbonyl (C=O) groups is 1. The van der Waals surface area contributed by atoms with Crippen LogP contribution in [0.2, 0.25) is 0 Å². The Morgan fingerprint density at radius 2 is 1.25 bits per heavy atom. The maximum atomic E-state index is 12.3. The molecule has 9 heteroatoms. The fourth-order valence-corrected chi connectivity index (χ4v) is 5.76. The molecule has 2 aromatic rings. The van der Waals surface area contributed by atoms with Crippen LogP contribution in [-0.4, -0.2) is 29.8 Å². The Kier molecular flexibility index (Phi) is 26.0. The molecule has 0 aromatic heterocycles. The molecule has 1 aliphatic rings. The highest BCUT2D eigenvalue weighted by atomic mass is 16.5. The van der Waals surface area contributed by atoms with Crippen molar-refractivity contribution in [2.24, 2.45) is 22.9 Å². The fraction of sp³-hybridized carbons (Fsp3) is 0.558. The summed E-state index contributed by atoms with van der Waals surface area (Å²) in [6.07, 6.45) is 24.1. The standard InChI is InChI=1S/C39H59N5O3.C3H8.CH4O/c40-34(32-16-15-17-32)19-11-9-7-5-3-1-2-4-6-8-10-12-21-38(46)44-29-31-24-22-30(23-25-31)26-27-47-37(39(42)43)28-35(41)33-18-13-14-20-36(33)45;1-3-2;1-2/h13-14,18,20,22-25,28,45H,1-12,15-17,19,21,26-27,29,40-43H2,(H,44,46);3H2,1-2H3;2H,1H3/b35-28-;;. The number of hydrogen-bond donors (Lipinski definition) is 7. The minimum atomic E-state index is 0.0103. The van der Waals surface area contributed by atoms with E-state index in [0.717, 1.165) is 37.5 Å². The Morgan fingerprint density at radius 3 is 1.75 bits per heavy atom. The fourth-order valence-electron chi connectivity index (χ4n) is 5.76. The van der Waals surface area contributed by atoms with E-state index in [4.69, 9.17) is 32.8 Å². The van der Waals surface area contributed by atoms with Crippen LogP contribution in [0.5, 0.6) is 5.75 Å². The van der Waals surface area contributed by atoms with Gasteiger partial charge >= 0.3 is 0 Å². The predicted octanol–water partition coefficient (Wildman–Crippen LogP) is 8.54. The monoisotopic (exact) mass is 722 g/mol. The quantitative estimate of drug-likeness (QED) is 0.0338. The molecule has 0 bridgehead atoms. The summed E-state index contributed by atoms with van der Waals surface area (Å²) in [5, 5.41) is 20.1. The van der Waals surface area contributed by atoms with Gasteiger partial charge in [-0.3, -0.25) is 4.79 Å². The molecule has 3 rings (SSSR count). The largest absolute Gasteiger partial charge is 0.507 e. The van der Waals surface area contributed by atoms with Crippen molar-refractivity contribution in [2.45, 2.75) is 142 Å². The molecule has 1 amide bonds. The molecule has 1 fully saturated rings. The van der Waals surface area contributed by atoms with Crippen molar-refractivity contribution in [2.75, 3.05) is 13.7 Å². The molecule has 9 nitrogen and oxygen atoms in total. The first-order valence-corrected chi connectivity index (χ1v) is 19.6. The summed E-state index contributed by atoms with van der Waals surface area (Å²) in [5.41, 5.74) is 29.5. The molecule has 1 aliphatic carbocycles. The number of benzene rings is 2. The van der Waals surface area contributed by atoms with Gasteiger partial charge in [0.25, 0.3) is 0 Å². The lowest BCUT2D eigenvalue weighted by Crippen LogP contribution is -2.22. The zero-order valence-corrected chi connectivity index (χ0v) is 32.6. The number of phenolic OH excluding ortho intramolecular Hbond substituents is 1. The Balaban J connectivity index is 0.00000256. The lowest BCUT2D eigenvalue weighted by molar-refractivity contribution is -0.121. The summed E-state index contributed by atoms with van der Waals surface area (Å²) in [7, 11) is 1.00. The van der Waals surface area contributed by atoms with E-state index in [9.17, 15) is 9.90 Å². The molecule has 0 radical (unpaired) electrons. The Bertz CT molecular complexity index is 1330. The zero-order valence-electron chi connectivity index (χ0n) is 32.6. The second-order valence-electron chi connectivity index (χ2n) is 13.6. The topological polar surface area (TPSA) is 183 Å². The molecule has 0 unspecified atom stereocenters. The average Bonchev–Trinajstić information content (AvgIpc) is 3.11. The minimum absolute atomic E-state index is 0.0103. The average molecular weight is 722 g/mol. The highest BCUT2D eigenvalue weighted by Crippen LogP contribution is 2.28. The predicted molar refractivity (Wildman–Crippen MR) is 217 cm³/mol. The van der Waals surface area contributed by atoms with Crippen molar-refractivity contribution in [1.29, 1.82) is 0 Å². The minimum Gasteiger partial charge on any atom is -0.507 e. The first kappa shape index (κ1) is 45.9. The van der Waals surface area contributed by atoms with Crippen molar-refractivity contribution in [3.63, 3.8) is 0 Å². The van der Waals surface area contributed by atoms with E-state index < -0.39 is 0 Å². The molecule has 52 heavy (non-hydrogen) atoms. The Hall–Kier alpha value is -4.11. The third-order valence-corrected chi connectivity index (χ3v) is 8.96. The van der Waals surface area contributed by atoms with Crippen LogP contribution in [0.25, 0.3) is 5.70 Å². The van der Waals surface area contributed by atoms with Gasteiger partial charge in [-0.2, -0.15) is 0 Å². The zero-order chi connectivity index (χ0) is 38.4. The first-order chi connectivity index (χ1) is 25.2. The van der Waals surface area contributed by atoms with Gasteiger partial charge in [-0.15, -0.1) is 0 Å². The van der Waals surface area contributed by atoms with Crippen LogP contribution < -0.4 is 28.3 Å². The number of unbranched alkanes of at least 4 members (excludes halogenated alkanes) is 11. The summed E-state index contributed by atoms with van der Waals surface area (Å²) in [6.45, 7) is 5.12. The second kappa shape index (κ2) is 29.5. The first-order valence-electron chi connectivity index (χ1n) is 19.6. The van der Waals surface area contributed by atoms with E-state index >= 15 is 0 Å². The van der Waals surface area contributed by atoms with Crippen LogP contribution in [-0.2, 0) is 22.5 Å². The SMILES string of the molecule is CCC.CO.NC(N)=C(/C=C(\N)c1ccccc1O)OCCc1ccc(CNC(=O)CCCCCCCCCCCCCCC(N)=C2CCC2)cc1. The maximum absolute atomic E-state index is 12.3. The van der Waals surface area contributed by atoms with Crippen molar-refractivity contribution in [1.82, 2.24) is 5.32 Å². The highest BCUT2D eigenvalue weighted by Gasteiger charge is 2.12. The summed E-state index contributed by atoms with van der Waals surface area (Å²) < 4.78 is 5.79. The summed E-state index contributed by atoms with van der Waals surface area (Å²) in [6, 6.07) is 14.9. The van der Waals surface area contributed by atoms with Gasteiger partial charge in [0.05, 0.1) is 6.61 Å². The lowest BCUT2D eigenvalue weighted by atomic mass is 9.89. The molecular weight excluding hydrogens is 651 g/mol. The third-order valence-electron chi connectivity index (χ3n) is 8.96. The van der Waals surface area contributed by atoms with E-state index in [1.807, 2.05) is 24.3 Å². The lowest BCUT2D eigenvalue weighted by Gasteiger charge is -2.19. The van der Waals surface area contributed by atoms with Crippen molar-refractivity contribution < 1.29 is 19.7 Å². The van der Waals surface area contributed by atoms with Crippen LogP contribution in [0.4, 0.5) is 0 Å². The number of aliphatic hydroxyl groups is 1. The second-order valence-corrected chi connectivity index (χ2v) is 13.6. The van der Waals surface area contributed by atoms with Gasteiger partial charge < -0.3 is 43.2 Å². The molecule has 1 saturated carbocycles. The number of nitrogens with one attached hydrogen (secondary N) is 1. The number of carbonyl (C=O) groups excluding carboxylic acids is 1. The third kappa shape index (κ3) is 20.7. The van der Waals surface area contributed by atoms with Gasteiger partial charge in [0, 0.05) is 49.5 Å². The number of hydrogen-bond acceptors (Lipinski definition) is 8. The van der Waals surface area contributed by atoms with Crippen molar-refractivity contribution in [3.8, 4) is 5.75 Å². The van der Waals surface area contributed by atoms with E-state index in [2.05, 4.69) is 19.2 Å². The molecular formula is C43H71N5O4. The van der Waals surface area contributed by atoms with Crippen molar-refractivity contribution >= 4 is 11.6 Å². The van der Waals surface area contributed by atoms with Crippen LogP contribution in [0.15, 0.2) is 77.5 Å². The van der Waals surface area contributed by atoms with Gasteiger partial charge in [0.2, 0.25) is 5.91 Å². The molecule has 292 valence electrons. The molecule has 0 spiro atoms. The number of rotatable bonds is 23. The molecule has 2 aromatic carbocycles. The van der Waals surface area contributed by atoms with E-state index in [-0.39, 0.29) is 23.2 Å². The Morgan fingerprint density at radius 1 is 0.750 bits per heavy atom. The number of amides is 1. The molecule has 0 atom stereocenters. The van der Waals surface area contributed by atoms with Crippen LogP contribution >= 0.6 is 0 Å². The maximum Gasteiger partial charge on any atom is 0.220 e. The van der Waals surface area contributed by atoms with Crippen molar-refractivity contribution in [3.05, 3.63) is 94.1 Å². The summed E-state index contributed by atoms with van der Waals surface area (Å²) in [4.78, 5) is 12.3. The number of allylic oxidation sites excluding steroid dienone is 3. The van der Waals surface area contributed by atoms with Gasteiger partial charge in [0.15, 0.2) is 5.76 Å². The number of phenols is 1. The number of nitrogens with two attached hydrogens (primary N) is 4. The molecule has 0 saturated heterocycles. The smallest absolute Gasteiger partial charge is 0.220 e. The molecule has 0 aliphatic heterocycles. The van der Waals surface area contributed by atoms with Gasteiger partial charge in [-0.1, -0.05) is 126 Å². The van der Waals surface area contributed by atoms with Crippen LogP contribution in [0.3, 0.4) is 0 Å². The van der Waals surface area contributed by atoms with Crippen LogP contribution in [0, 0.1) is 0 Å². The van der Waals surface area contributed by atoms with E-state index in [1.165, 1.54) is 107 Å². The van der Waals surface area contributed by atoms with Gasteiger partial charge in [-0.05, 0) is 61.8 Å². The van der Waals surface area contributed by atoms with Crippen LogP contribution in [0.1, 0.15) is 146 Å². The normalized spacial score (nSPS) is 12.0. The van der Waals surface area contributed by atoms with Gasteiger partial charge in [0.1, 0.15) is 11.6 Å². The number of aliphatic hydroxyl groups excluding tert-OH is 1. The van der Waals surface area contributed by atoms with E-state index in [1.54, 1.807) is 24.3 Å².